The first-order valence-corrected chi connectivity index (χ1v) is 7.34. The van der Waals surface area contributed by atoms with Gasteiger partial charge >= 0.3 is 0 Å². The Morgan fingerprint density at radius 3 is 2.45 bits per heavy atom. The molecule has 0 aromatic heterocycles. The van der Waals surface area contributed by atoms with E-state index >= 15 is 0 Å². The minimum atomic E-state index is -0.172. The number of nitrogens with one attached hydrogen (secondary N) is 1. The van der Waals surface area contributed by atoms with Gasteiger partial charge in [0.15, 0.2) is 0 Å². The Hall–Kier alpha value is -2.04. The van der Waals surface area contributed by atoms with Crippen LogP contribution in [0.2, 0.25) is 10.0 Å². The number of amides is 1. The van der Waals surface area contributed by atoms with Crippen LogP contribution in [0.3, 0.4) is 0 Å². The summed E-state index contributed by atoms with van der Waals surface area (Å²) < 4.78 is 0. The monoisotopic (exact) mass is 336 g/mol. The lowest BCUT2D eigenvalue weighted by Gasteiger charge is -2.05. The number of hydrogen-bond acceptors (Lipinski definition) is 3. The van der Waals surface area contributed by atoms with Crippen LogP contribution in [0.5, 0.6) is 0 Å². The van der Waals surface area contributed by atoms with Crippen molar-refractivity contribution in [3.05, 3.63) is 64.1 Å². The van der Waals surface area contributed by atoms with E-state index in [1.807, 2.05) is 30.3 Å². The lowest BCUT2D eigenvalue weighted by atomic mass is 10.2. The molecule has 0 radical (unpaired) electrons. The summed E-state index contributed by atoms with van der Waals surface area (Å²) in [6, 6.07) is 14.4. The smallest absolute Gasteiger partial charge is 0.229 e. The molecule has 0 saturated heterocycles. The Labute approximate surface area is 138 Å². The lowest BCUT2D eigenvalue weighted by Crippen LogP contribution is -2.11. The Balaban J connectivity index is 1.75. The molecule has 2 aromatic carbocycles. The number of rotatable bonds is 6. The van der Waals surface area contributed by atoms with Gasteiger partial charge in [-0.15, -0.1) is 0 Å². The first-order chi connectivity index (χ1) is 10.7. The molecule has 0 bridgehead atoms. The molecular weight excluding hydrogens is 323 g/mol. The zero-order valence-corrected chi connectivity index (χ0v) is 13.1. The van der Waals surface area contributed by atoms with Crippen molar-refractivity contribution in [1.29, 1.82) is 0 Å². The molecule has 0 aliphatic heterocycles. The summed E-state index contributed by atoms with van der Waals surface area (Å²) in [5.74, 6) is -0.172. The molecular formula is C16H14Cl2N2O2. The largest absolute Gasteiger partial charge is 0.391 e. The van der Waals surface area contributed by atoms with Gasteiger partial charge in [0, 0.05) is 21.3 Å². The fourth-order valence-corrected chi connectivity index (χ4v) is 2.18. The minimum Gasteiger partial charge on any atom is -0.391 e. The lowest BCUT2D eigenvalue weighted by molar-refractivity contribution is -0.115. The van der Waals surface area contributed by atoms with Crippen LogP contribution >= 0.6 is 23.2 Å². The highest BCUT2D eigenvalue weighted by Crippen LogP contribution is 2.24. The summed E-state index contributed by atoms with van der Waals surface area (Å²) in [7, 11) is 0. The normalized spacial score (nSPS) is 10.6. The van der Waals surface area contributed by atoms with Crippen LogP contribution in [0, 0.1) is 0 Å². The van der Waals surface area contributed by atoms with Crippen LogP contribution in [0.15, 0.2) is 53.7 Å². The van der Waals surface area contributed by atoms with Gasteiger partial charge in [-0.2, -0.15) is 0 Å². The number of anilines is 1. The number of carbonyl (C=O) groups is 1. The molecule has 0 saturated carbocycles. The van der Waals surface area contributed by atoms with Crippen LogP contribution < -0.4 is 5.32 Å². The van der Waals surface area contributed by atoms with Crippen LogP contribution in [-0.4, -0.2) is 12.1 Å². The molecule has 22 heavy (non-hydrogen) atoms. The van der Waals surface area contributed by atoms with Gasteiger partial charge in [-0.25, -0.2) is 0 Å². The quantitative estimate of drug-likeness (QED) is 0.622. The minimum absolute atomic E-state index is 0.116. The fourth-order valence-electron chi connectivity index (χ4n) is 1.68. The second-order valence-electron chi connectivity index (χ2n) is 4.38. The summed E-state index contributed by atoms with van der Waals surface area (Å²) >= 11 is 12.0. The SMILES string of the molecule is O=C(CC=NOCc1c(Cl)cccc1Cl)Nc1ccccc1. The molecule has 114 valence electrons. The summed E-state index contributed by atoms with van der Waals surface area (Å²) in [4.78, 5) is 16.8. The molecule has 4 nitrogen and oxygen atoms in total. The van der Waals surface area contributed by atoms with Crippen molar-refractivity contribution >= 4 is 41.0 Å². The number of benzene rings is 2. The van der Waals surface area contributed by atoms with Gasteiger partial charge < -0.3 is 10.2 Å². The van der Waals surface area contributed by atoms with Crippen molar-refractivity contribution in [1.82, 2.24) is 0 Å². The predicted octanol–water partition coefficient (Wildman–Crippen LogP) is 4.52. The number of carbonyl (C=O) groups excluding carboxylic acids is 1. The summed E-state index contributed by atoms with van der Waals surface area (Å²) in [6.07, 6.45) is 1.51. The molecule has 0 fully saturated rings. The maximum absolute atomic E-state index is 11.7. The molecule has 2 aromatic rings. The third-order valence-electron chi connectivity index (χ3n) is 2.75. The first-order valence-electron chi connectivity index (χ1n) is 6.58. The molecule has 0 aliphatic carbocycles. The number of oxime groups is 1. The van der Waals surface area contributed by atoms with E-state index < -0.39 is 0 Å². The maximum atomic E-state index is 11.7. The molecule has 0 heterocycles. The summed E-state index contributed by atoms with van der Waals surface area (Å²) in [5, 5.41) is 7.50. The number of hydrogen-bond donors (Lipinski definition) is 1. The fraction of sp³-hybridized carbons (Fsp3) is 0.125. The number of para-hydroxylation sites is 1. The third-order valence-corrected chi connectivity index (χ3v) is 3.46. The van der Waals surface area contributed by atoms with Crippen molar-refractivity contribution in [2.45, 2.75) is 13.0 Å². The third kappa shape index (κ3) is 5.06. The molecule has 0 unspecified atom stereocenters. The zero-order chi connectivity index (χ0) is 15.8. The highest BCUT2D eigenvalue weighted by molar-refractivity contribution is 6.35. The van der Waals surface area contributed by atoms with Crippen molar-refractivity contribution < 1.29 is 9.63 Å². The van der Waals surface area contributed by atoms with E-state index in [4.69, 9.17) is 28.0 Å². The Kier molecular flexibility index (Phi) is 6.25. The second-order valence-corrected chi connectivity index (χ2v) is 5.19. The average Bonchev–Trinajstić information content (AvgIpc) is 2.50. The van der Waals surface area contributed by atoms with Crippen molar-refractivity contribution in [2.24, 2.45) is 5.16 Å². The molecule has 2 rings (SSSR count). The molecule has 1 amide bonds. The van der Waals surface area contributed by atoms with Crippen molar-refractivity contribution in [2.75, 3.05) is 5.32 Å². The molecule has 1 N–H and O–H groups in total. The van der Waals surface area contributed by atoms with Crippen molar-refractivity contribution in [3.63, 3.8) is 0 Å². The molecule has 0 spiro atoms. The van der Waals surface area contributed by atoms with Crippen LogP contribution in [0.1, 0.15) is 12.0 Å². The topological polar surface area (TPSA) is 50.7 Å². The Bertz CT molecular complexity index is 640. The van der Waals surface area contributed by atoms with Gasteiger partial charge in [0.2, 0.25) is 5.91 Å². The van der Waals surface area contributed by atoms with Crippen molar-refractivity contribution in [3.8, 4) is 0 Å². The number of halogens is 2. The van der Waals surface area contributed by atoms with E-state index in [9.17, 15) is 4.79 Å². The predicted molar refractivity (Wildman–Crippen MR) is 89.4 cm³/mol. The zero-order valence-electron chi connectivity index (χ0n) is 11.6. The van der Waals surface area contributed by atoms with E-state index in [1.54, 1.807) is 18.2 Å². The highest BCUT2D eigenvalue weighted by Gasteiger charge is 2.05. The van der Waals surface area contributed by atoms with E-state index in [0.717, 1.165) is 5.69 Å². The van der Waals surface area contributed by atoms with Crippen LogP contribution in [-0.2, 0) is 16.2 Å². The average molecular weight is 337 g/mol. The van der Waals surface area contributed by atoms with Gasteiger partial charge in [-0.1, -0.05) is 52.6 Å². The first kappa shape index (κ1) is 16.3. The molecule has 0 atom stereocenters. The Morgan fingerprint density at radius 2 is 1.77 bits per heavy atom. The number of nitrogens with zero attached hydrogens (tertiary/aromatic N) is 1. The van der Waals surface area contributed by atoms with E-state index in [2.05, 4.69) is 10.5 Å². The molecule has 6 heteroatoms. The van der Waals surface area contributed by atoms with E-state index in [-0.39, 0.29) is 18.9 Å². The highest BCUT2D eigenvalue weighted by atomic mass is 35.5. The standard InChI is InChI=1S/C16H14Cl2N2O2/c17-14-7-4-8-15(18)13(14)11-22-19-10-9-16(21)20-12-5-2-1-3-6-12/h1-8,10H,9,11H2,(H,20,21). The maximum Gasteiger partial charge on any atom is 0.229 e. The molecule has 0 aliphatic rings. The van der Waals surface area contributed by atoms with E-state index in [0.29, 0.717) is 15.6 Å². The Morgan fingerprint density at radius 1 is 1.09 bits per heavy atom. The second kappa shape index (κ2) is 8.41. The van der Waals surface area contributed by atoms with Gasteiger partial charge in [-0.3, -0.25) is 4.79 Å². The van der Waals surface area contributed by atoms with Gasteiger partial charge in [0.1, 0.15) is 6.61 Å². The van der Waals surface area contributed by atoms with Crippen LogP contribution in [0.25, 0.3) is 0 Å². The van der Waals surface area contributed by atoms with Gasteiger partial charge in [0.25, 0.3) is 0 Å². The van der Waals surface area contributed by atoms with Crippen LogP contribution in [0.4, 0.5) is 5.69 Å². The summed E-state index contributed by atoms with van der Waals surface area (Å²) in [5.41, 5.74) is 1.40. The summed E-state index contributed by atoms with van der Waals surface area (Å²) in [6.45, 7) is 0.148. The van der Waals surface area contributed by atoms with Gasteiger partial charge in [-0.05, 0) is 24.3 Å². The van der Waals surface area contributed by atoms with E-state index in [1.165, 1.54) is 6.21 Å². The van der Waals surface area contributed by atoms with Gasteiger partial charge in [0.05, 0.1) is 12.6 Å².